The normalized spacial score (nSPS) is 26.4. The minimum Gasteiger partial charge on any atom is -0.626 e. The molecule has 1 amide bonds. The van der Waals surface area contributed by atoms with Gasteiger partial charge in [-0.1, -0.05) is 11.6 Å². The molecule has 0 spiro atoms. The summed E-state index contributed by atoms with van der Waals surface area (Å²) in [5.41, 5.74) is 0.910. The third-order valence-corrected chi connectivity index (χ3v) is 5.33. The Morgan fingerprint density at radius 1 is 1.42 bits per heavy atom. The zero-order chi connectivity index (χ0) is 16.6. The van der Waals surface area contributed by atoms with Crippen LogP contribution in [0.2, 0.25) is 5.02 Å². The molecule has 2 N–H and O–H groups in total. The van der Waals surface area contributed by atoms with Crippen LogP contribution in [0.25, 0.3) is 0 Å². The standard InChI is InChI=1S/C16H22ClN3O3.ClH/c1-18-13-8-15(23-2)11(7-12(13)17)16(21)20(22)14-9-19-5-3-10(14)4-6-19;/h7-8,10,14,18,20H,3-6,9H2,1-2H3;1H. The van der Waals surface area contributed by atoms with Gasteiger partial charge in [0.05, 0.1) is 24.4 Å². The average Bonchev–Trinajstić information content (AvgIpc) is 2.61. The van der Waals surface area contributed by atoms with Gasteiger partial charge in [-0.2, -0.15) is 0 Å². The summed E-state index contributed by atoms with van der Waals surface area (Å²) in [5.74, 6) is 0.207. The van der Waals surface area contributed by atoms with Gasteiger partial charge >= 0.3 is 5.91 Å². The van der Waals surface area contributed by atoms with E-state index in [2.05, 4.69) is 10.2 Å². The van der Waals surface area contributed by atoms with E-state index in [4.69, 9.17) is 16.3 Å². The first kappa shape index (κ1) is 19.3. The van der Waals surface area contributed by atoms with E-state index in [1.54, 1.807) is 13.1 Å². The SMILES string of the molecule is CNc1cc(OC)c(C(=O)[NH+]([O-])C2CN3CCC2CC3)cc1Cl.Cl. The number of anilines is 1. The molecule has 24 heavy (non-hydrogen) atoms. The zero-order valence-electron chi connectivity index (χ0n) is 13.8. The smallest absolute Gasteiger partial charge is 0.348 e. The molecule has 1 aromatic carbocycles. The van der Waals surface area contributed by atoms with Crippen LogP contribution in [0.5, 0.6) is 5.75 Å². The predicted octanol–water partition coefficient (Wildman–Crippen LogP) is 1.43. The van der Waals surface area contributed by atoms with E-state index < -0.39 is 5.91 Å². The molecule has 0 aromatic heterocycles. The molecule has 0 aliphatic carbocycles. The van der Waals surface area contributed by atoms with E-state index in [1.807, 2.05) is 0 Å². The van der Waals surface area contributed by atoms with Crippen molar-refractivity contribution in [1.82, 2.24) is 4.90 Å². The third-order valence-electron chi connectivity index (χ3n) is 5.02. The van der Waals surface area contributed by atoms with Crippen molar-refractivity contribution in [2.24, 2.45) is 5.92 Å². The maximum Gasteiger partial charge on any atom is 0.348 e. The van der Waals surface area contributed by atoms with Crippen molar-refractivity contribution in [3.05, 3.63) is 27.9 Å². The van der Waals surface area contributed by atoms with E-state index in [0.29, 0.717) is 28.9 Å². The van der Waals surface area contributed by atoms with Crippen LogP contribution < -0.4 is 15.1 Å². The maximum atomic E-state index is 12.7. The summed E-state index contributed by atoms with van der Waals surface area (Å²) < 4.78 is 5.28. The number of hydrogen-bond acceptors (Lipinski definition) is 5. The minimum atomic E-state index is -0.495. The van der Waals surface area contributed by atoms with Crippen molar-refractivity contribution >= 4 is 35.6 Å². The van der Waals surface area contributed by atoms with Crippen molar-refractivity contribution in [2.45, 2.75) is 18.9 Å². The highest BCUT2D eigenvalue weighted by molar-refractivity contribution is 6.33. The Labute approximate surface area is 153 Å². The Morgan fingerprint density at radius 2 is 2.08 bits per heavy atom. The molecule has 3 heterocycles. The van der Waals surface area contributed by atoms with Crippen LogP contribution in [0.1, 0.15) is 23.2 Å². The summed E-state index contributed by atoms with van der Waals surface area (Å²) in [6.07, 6.45) is 2.00. The highest BCUT2D eigenvalue weighted by atomic mass is 35.5. The first-order chi connectivity index (χ1) is 11.0. The second kappa shape index (κ2) is 7.89. The van der Waals surface area contributed by atoms with Crippen molar-refractivity contribution in [2.75, 3.05) is 39.1 Å². The Morgan fingerprint density at radius 3 is 2.58 bits per heavy atom. The fraction of sp³-hybridized carbons (Fsp3) is 0.562. The number of carbonyl (C=O) groups is 1. The maximum absolute atomic E-state index is 12.7. The van der Waals surface area contributed by atoms with Gasteiger partial charge in [0.15, 0.2) is 0 Å². The second-order valence-corrected chi connectivity index (χ2v) is 6.63. The van der Waals surface area contributed by atoms with Crippen molar-refractivity contribution in [1.29, 1.82) is 0 Å². The highest BCUT2D eigenvalue weighted by Gasteiger charge is 2.40. The first-order valence-electron chi connectivity index (χ1n) is 7.91. The number of nitrogens with zero attached hydrogens (tertiary/aromatic N) is 1. The predicted molar refractivity (Wildman–Crippen MR) is 96.4 cm³/mol. The summed E-state index contributed by atoms with van der Waals surface area (Å²) in [5, 5.41) is 15.8. The van der Waals surface area contributed by atoms with Crippen molar-refractivity contribution < 1.29 is 14.6 Å². The summed E-state index contributed by atoms with van der Waals surface area (Å²) in [6.45, 7) is 2.77. The minimum absolute atomic E-state index is 0. The number of quaternary nitrogens is 1. The first-order valence-corrected chi connectivity index (χ1v) is 8.29. The Hall–Kier alpha value is -1.05. The molecule has 4 rings (SSSR count). The van der Waals surface area contributed by atoms with Crippen molar-refractivity contribution in [3.63, 3.8) is 0 Å². The van der Waals surface area contributed by atoms with E-state index in [9.17, 15) is 10.0 Å². The molecule has 2 unspecified atom stereocenters. The van der Waals surface area contributed by atoms with Gasteiger partial charge < -0.3 is 20.3 Å². The van der Waals surface area contributed by atoms with Crippen LogP contribution in [0.15, 0.2) is 12.1 Å². The lowest BCUT2D eigenvalue weighted by Crippen LogP contribution is -3.16. The molecule has 3 saturated heterocycles. The highest BCUT2D eigenvalue weighted by Crippen LogP contribution is 2.31. The number of carbonyl (C=O) groups excluding carboxylic acids is 1. The molecule has 3 fully saturated rings. The number of halogens is 2. The van der Waals surface area contributed by atoms with Crippen LogP contribution in [0.4, 0.5) is 5.69 Å². The molecular formula is C16H23Cl2N3O3. The fourth-order valence-electron chi connectivity index (χ4n) is 3.65. The Bertz CT molecular complexity index is 606. The van der Waals surface area contributed by atoms with Gasteiger partial charge in [0.25, 0.3) is 0 Å². The number of rotatable bonds is 4. The number of piperidine rings is 3. The number of fused-ring (bicyclic) bond motifs is 3. The topological polar surface area (TPSA) is 69.1 Å². The van der Waals surface area contributed by atoms with Gasteiger partial charge in [0.1, 0.15) is 17.4 Å². The van der Waals surface area contributed by atoms with Gasteiger partial charge in [-0.05, 0) is 32.0 Å². The van der Waals surface area contributed by atoms with Crippen LogP contribution >= 0.6 is 24.0 Å². The van der Waals surface area contributed by atoms with Crippen molar-refractivity contribution in [3.8, 4) is 5.75 Å². The van der Waals surface area contributed by atoms with E-state index in [1.165, 1.54) is 13.2 Å². The average molecular weight is 376 g/mol. The van der Waals surface area contributed by atoms with Gasteiger partial charge in [0.2, 0.25) is 0 Å². The van der Waals surface area contributed by atoms with Gasteiger partial charge in [-0.25, -0.2) is 4.79 Å². The number of methoxy groups -OCH3 is 1. The lowest BCUT2D eigenvalue weighted by molar-refractivity contribution is -0.796. The molecule has 6 nitrogen and oxygen atoms in total. The van der Waals surface area contributed by atoms with E-state index in [-0.39, 0.29) is 29.1 Å². The summed E-state index contributed by atoms with van der Waals surface area (Å²) in [7, 11) is 3.22. The number of ether oxygens (including phenoxy) is 1. The van der Waals surface area contributed by atoms with Gasteiger partial charge in [-0.3, -0.25) is 4.90 Å². The number of nitrogens with one attached hydrogen (secondary N) is 2. The lowest BCUT2D eigenvalue weighted by Gasteiger charge is -2.47. The summed E-state index contributed by atoms with van der Waals surface area (Å²) in [6, 6.07) is 2.98. The fourth-order valence-corrected chi connectivity index (χ4v) is 3.91. The van der Waals surface area contributed by atoms with Gasteiger partial charge in [-0.15, -0.1) is 12.4 Å². The Kier molecular flexibility index (Phi) is 6.33. The number of hydroxylamine groups is 2. The monoisotopic (exact) mass is 375 g/mol. The lowest BCUT2D eigenvalue weighted by atomic mass is 9.83. The summed E-state index contributed by atoms with van der Waals surface area (Å²) in [4.78, 5) is 15.0. The molecule has 3 aliphatic rings. The molecular weight excluding hydrogens is 353 g/mol. The molecule has 134 valence electrons. The third kappa shape index (κ3) is 3.48. The number of hydrogen-bond donors (Lipinski definition) is 2. The van der Waals surface area contributed by atoms with Crippen LogP contribution in [0.3, 0.4) is 0 Å². The van der Waals surface area contributed by atoms with E-state index in [0.717, 1.165) is 25.9 Å². The molecule has 0 saturated carbocycles. The number of amides is 1. The molecule has 8 heteroatoms. The second-order valence-electron chi connectivity index (χ2n) is 6.22. The van der Waals surface area contributed by atoms with Crippen LogP contribution in [0, 0.1) is 11.1 Å². The summed E-state index contributed by atoms with van der Waals surface area (Å²) >= 11 is 6.17. The molecule has 2 bridgehead atoms. The molecule has 1 aromatic rings. The number of benzene rings is 1. The zero-order valence-corrected chi connectivity index (χ0v) is 15.4. The van der Waals surface area contributed by atoms with Crippen LogP contribution in [-0.2, 0) is 0 Å². The molecule has 3 aliphatic heterocycles. The van der Waals surface area contributed by atoms with Gasteiger partial charge in [0, 0.05) is 19.0 Å². The molecule has 0 radical (unpaired) electrons. The largest absolute Gasteiger partial charge is 0.626 e. The molecule has 2 atom stereocenters. The Balaban J connectivity index is 0.00000208. The van der Waals surface area contributed by atoms with E-state index >= 15 is 0 Å². The quantitative estimate of drug-likeness (QED) is 0.779. The van der Waals surface area contributed by atoms with Crippen LogP contribution in [-0.4, -0.2) is 50.6 Å².